The van der Waals surface area contributed by atoms with Gasteiger partial charge in [0.2, 0.25) is 0 Å². The van der Waals surface area contributed by atoms with Gasteiger partial charge in [-0.05, 0) is 36.6 Å². The molecule has 2 rings (SSSR count). The molecule has 0 fully saturated rings. The average Bonchev–Trinajstić information content (AvgIpc) is 2.42. The van der Waals surface area contributed by atoms with E-state index in [-0.39, 0.29) is 11.9 Å². The zero-order chi connectivity index (χ0) is 13.7. The lowest BCUT2D eigenvalue weighted by atomic mass is 10.0. The van der Waals surface area contributed by atoms with Crippen molar-refractivity contribution in [3.63, 3.8) is 0 Å². The van der Waals surface area contributed by atoms with E-state index in [1.54, 1.807) is 6.07 Å². The van der Waals surface area contributed by atoms with E-state index in [0.29, 0.717) is 5.02 Å². The zero-order valence-electron chi connectivity index (χ0n) is 10.9. The molecule has 2 aromatic rings. The second kappa shape index (κ2) is 6.58. The summed E-state index contributed by atoms with van der Waals surface area (Å²) in [6.07, 6.45) is 1.90. The van der Waals surface area contributed by atoms with E-state index in [2.05, 4.69) is 24.4 Å². The average molecular weight is 278 g/mol. The Balaban J connectivity index is 2.06. The van der Waals surface area contributed by atoms with Gasteiger partial charge in [0.25, 0.3) is 0 Å². The van der Waals surface area contributed by atoms with Crippen molar-refractivity contribution in [2.24, 2.45) is 0 Å². The number of hydrogen-bond acceptors (Lipinski definition) is 1. The summed E-state index contributed by atoms with van der Waals surface area (Å²) in [4.78, 5) is 0. The van der Waals surface area contributed by atoms with Crippen LogP contribution in [0.25, 0.3) is 0 Å². The number of anilines is 1. The summed E-state index contributed by atoms with van der Waals surface area (Å²) in [5, 5.41) is 3.80. The van der Waals surface area contributed by atoms with Gasteiger partial charge in [0.15, 0.2) is 0 Å². The normalized spacial score (nSPS) is 12.2. The largest absolute Gasteiger partial charge is 0.381 e. The molecule has 0 saturated carbocycles. The van der Waals surface area contributed by atoms with E-state index in [4.69, 9.17) is 11.6 Å². The Hall–Kier alpha value is -1.54. The molecule has 0 spiro atoms. The Labute approximate surface area is 118 Å². The molecule has 100 valence electrons. The molecule has 0 radical (unpaired) electrons. The highest BCUT2D eigenvalue weighted by atomic mass is 35.5. The highest BCUT2D eigenvalue weighted by Gasteiger charge is 2.09. The van der Waals surface area contributed by atoms with Crippen LogP contribution in [-0.2, 0) is 6.42 Å². The predicted octanol–water partition coefficient (Wildman–Crippen LogP) is 4.91. The third-order valence-corrected chi connectivity index (χ3v) is 3.42. The van der Waals surface area contributed by atoms with Gasteiger partial charge in [-0.3, -0.25) is 0 Å². The van der Waals surface area contributed by atoms with Crippen LogP contribution >= 0.6 is 11.6 Å². The molecule has 1 nitrogen and oxygen atoms in total. The van der Waals surface area contributed by atoms with Gasteiger partial charge in [0.1, 0.15) is 5.82 Å². The summed E-state index contributed by atoms with van der Waals surface area (Å²) >= 11 is 6.03. The number of nitrogens with one attached hydrogen (secondary N) is 1. The maximum Gasteiger partial charge on any atom is 0.124 e. The molecule has 0 aliphatic heterocycles. The molecule has 19 heavy (non-hydrogen) atoms. The number of rotatable bonds is 5. The van der Waals surface area contributed by atoms with Crippen molar-refractivity contribution in [1.29, 1.82) is 0 Å². The Morgan fingerprint density at radius 1 is 1.16 bits per heavy atom. The second-order valence-electron chi connectivity index (χ2n) is 4.56. The van der Waals surface area contributed by atoms with E-state index < -0.39 is 0 Å². The zero-order valence-corrected chi connectivity index (χ0v) is 11.6. The van der Waals surface area contributed by atoms with Crippen molar-refractivity contribution >= 4 is 17.3 Å². The molecule has 0 amide bonds. The molecule has 2 aromatic carbocycles. The van der Waals surface area contributed by atoms with Crippen LogP contribution in [0.15, 0.2) is 48.5 Å². The van der Waals surface area contributed by atoms with E-state index in [1.165, 1.54) is 17.7 Å². The number of halogens is 2. The number of benzene rings is 2. The quantitative estimate of drug-likeness (QED) is 0.818. The monoisotopic (exact) mass is 277 g/mol. The predicted molar refractivity (Wildman–Crippen MR) is 79.3 cm³/mol. The van der Waals surface area contributed by atoms with E-state index in [0.717, 1.165) is 18.5 Å². The Morgan fingerprint density at radius 3 is 2.53 bits per heavy atom. The minimum Gasteiger partial charge on any atom is -0.381 e. The van der Waals surface area contributed by atoms with Gasteiger partial charge in [0.05, 0.1) is 10.7 Å². The fourth-order valence-corrected chi connectivity index (χ4v) is 2.24. The van der Waals surface area contributed by atoms with Gasteiger partial charge >= 0.3 is 0 Å². The van der Waals surface area contributed by atoms with Gasteiger partial charge in [-0.2, -0.15) is 0 Å². The molecule has 1 atom stereocenters. The van der Waals surface area contributed by atoms with Crippen LogP contribution in [-0.4, -0.2) is 6.04 Å². The molecule has 0 aromatic heterocycles. The standard InChI is InChI=1S/C16H17ClFN/c1-2-14(10-12-6-4-3-5-7-12)19-16-9-8-13(18)11-15(16)17/h3-9,11,14,19H,2,10H2,1H3. The van der Waals surface area contributed by atoms with Gasteiger partial charge < -0.3 is 5.32 Å². The Morgan fingerprint density at radius 2 is 1.89 bits per heavy atom. The first-order valence-corrected chi connectivity index (χ1v) is 6.82. The van der Waals surface area contributed by atoms with Gasteiger partial charge in [-0.1, -0.05) is 48.9 Å². The van der Waals surface area contributed by atoms with E-state index in [1.807, 2.05) is 18.2 Å². The summed E-state index contributed by atoms with van der Waals surface area (Å²) in [5.41, 5.74) is 2.06. The molecule has 0 aliphatic carbocycles. The fourth-order valence-electron chi connectivity index (χ4n) is 2.02. The highest BCUT2D eigenvalue weighted by Crippen LogP contribution is 2.24. The van der Waals surface area contributed by atoms with Crippen molar-refractivity contribution in [3.05, 3.63) is 64.9 Å². The summed E-state index contributed by atoms with van der Waals surface area (Å²) in [6, 6.07) is 15.0. The maximum atomic E-state index is 13.0. The van der Waals surface area contributed by atoms with Crippen molar-refractivity contribution in [2.75, 3.05) is 5.32 Å². The van der Waals surface area contributed by atoms with Crippen molar-refractivity contribution < 1.29 is 4.39 Å². The molecule has 0 saturated heterocycles. The minimum atomic E-state index is -0.313. The van der Waals surface area contributed by atoms with Crippen LogP contribution in [0.5, 0.6) is 0 Å². The summed E-state index contributed by atoms with van der Waals surface area (Å²) in [7, 11) is 0. The summed E-state index contributed by atoms with van der Waals surface area (Å²) in [5.74, 6) is -0.313. The Kier molecular flexibility index (Phi) is 4.80. The van der Waals surface area contributed by atoms with E-state index in [9.17, 15) is 4.39 Å². The van der Waals surface area contributed by atoms with Crippen LogP contribution in [0.2, 0.25) is 5.02 Å². The summed E-state index contributed by atoms with van der Waals surface area (Å²) < 4.78 is 13.0. The lowest BCUT2D eigenvalue weighted by molar-refractivity contribution is 0.627. The molecule has 0 bridgehead atoms. The topological polar surface area (TPSA) is 12.0 Å². The highest BCUT2D eigenvalue weighted by molar-refractivity contribution is 6.33. The molecular weight excluding hydrogens is 261 g/mol. The first-order valence-electron chi connectivity index (χ1n) is 6.44. The van der Waals surface area contributed by atoms with Crippen molar-refractivity contribution in [1.82, 2.24) is 0 Å². The first-order chi connectivity index (χ1) is 9.19. The van der Waals surface area contributed by atoms with Crippen LogP contribution < -0.4 is 5.32 Å². The van der Waals surface area contributed by atoms with Gasteiger partial charge in [0, 0.05) is 6.04 Å². The lowest BCUT2D eigenvalue weighted by Crippen LogP contribution is -2.21. The van der Waals surface area contributed by atoms with Crippen LogP contribution in [0, 0.1) is 5.82 Å². The van der Waals surface area contributed by atoms with Gasteiger partial charge in [-0.15, -0.1) is 0 Å². The lowest BCUT2D eigenvalue weighted by Gasteiger charge is -2.19. The second-order valence-corrected chi connectivity index (χ2v) is 4.97. The van der Waals surface area contributed by atoms with E-state index >= 15 is 0 Å². The van der Waals surface area contributed by atoms with Crippen molar-refractivity contribution in [2.45, 2.75) is 25.8 Å². The molecule has 1 unspecified atom stereocenters. The summed E-state index contributed by atoms with van der Waals surface area (Å²) in [6.45, 7) is 2.12. The SMILES string of the molecule is CCC(Cc1ccccc1)Nc1ccc(F)cc1Cl. The maximum absolute atomic E-state index is 13.0. The molecule has 0 aliphatic rings. The molecular formula is C16H17ClFN. The third-order valence-electron chi connectivity index (χ3n) is 3.11. The van der Waals surface area contributed by atoms with Crippen molar-refractivity contribution in [3.8, 4) is 0 Å². The Bertz CT molecular complexity index is 528. The van der Waals surface area contributed by atoms with Gasteiger partial charge in [-0.25, -0.2) is 4.39 Å². The minimum absolute atomic E-state index is 0.283. The molecule has 3 heteroatoms. The third kappa shape index (κ3) is 3.97. The number of hydrogen-bond donors (Lipinski definition) is 1. The first kappa shape index (κ1) is 13.9. The smallest absolute Gasteiger partial charge is 0.124 e. The van der Waals surface area contributed by atoms with Crippen LogP contribution in [0.3, 0.4) is 0 Å². The van der Waals surface area contributed by atoms with Crippen LogP contribution in [0.1, 0.15) is 18.9 Å². The molecule has 1 N–H and O–H groups in total. The fraction of sp³-hybridized carbons (Fsp3) is 0.250. The van der Waals surface area contributed by atoms with Crippen LogP contribution in [0.4, 0.5) is 10.1 Å². The molecule has 0 heterocycles.